The average molecular weight is 287 g/mol. The molecule has 0 fully saturated rings. The summed E-state index contributed by atoms with van der Waals surface area (Å²) in [5.41, 5.74) is -0.163. The summed E-state index contributed by atoms with van der Waals surface area (Å²) in [5.74, 6) is -0.558. The number of halogens is 4. The normalized spacial score (nSPS) is 10.8. The number of hydrogen-bond acceptors (Lipinski definition) is 1. The van der Waals surface area contributed by atoms with Crippen LogP contribution < -0.4 is 0 Å². The minimum absolute atomic E-state index is 0.0199. The second-order valence-corrected chi connectivity index (χ2v) is 3.29. The van der Waals surface area contributed by atoms with Gasteiger partial charge in [-0.05, 0) is 41.1 Å². The van der Waals surface area contributed by atoms with E-state index >= 15 is 0 Å². The number of pyridine rings is 1. The van der Waals surface area contributed by atoms with Crippen LogP contribution in [-0.4, -0.2) is 4.98 Å². The van der Waals surface area contributed by atoms with E-state index in [4.69, 9.17) is 0 Å². The molecule has 0 unspecified atom stereocenters. The van der Waals surface area contributed by atoms with Crippen molar-refractivity contribution in [2.75, 3.05) is 0 Å². The van der Waals surface area contributed by atoms with Gasteiger partial charge in [0.05, 0.1) is 0 Å². The van der Waals surface area contributed by atoms with E-state index < -0.39 is 12.2 Å². The molecule has 0 radical (unpaired) electrons. The summed E-state index contributed by atoms with van der Waals surface area (Å²) in [6, 6.07) is 1.07. The van der Waals surface area contributed by atoms with Crippen LogP contribution in [0.15, 0.2) is 6.07 Å². The van der Waals surface area contributed by atoms with Gasteiger partial charge in [-0.25, -0.2) is 18.2 Å². The molecule has 66 valence electrons. The van der Waals surface area contributed by atoms with E-state index in [0.717, 1.165) is 6.07 Å². The van der Waals surface area contributed by atoms with Crippen LogP contribution in [-0.2, 0) is 0 Å². The van der Waals surface area contributed by atoms with E-state index in [-0.39, 0.29) is 15.0 Å². The van der Waals surface area contributed by atoms with E-state index in [0.29, 0.717) is 0 Å². The van der Waals surface area contributed by atoms with E-state index in [1.807, 2.05) is 0 Å². The largest absolute Gasteiger partial charge is 0.280 e. The minimum atomic E-state index is -2.64. The lowest BCUT2D eigenvalue weighted by Crippen LogP contribution is -1.99. The Balaban J connectivity index is 3.23. The third-order valence-corrected chi connectivity index (χ3v) is 2.13. The Morgan fingerprint density at radius 1 is 1.50 bits per heavy atom. The van der Waals surface area contributed by atoms with Crippen molar-refractivity contribution in [3.63, 3.8) is 0 Å². The molecule has 0 spiro atoms. The molecule has 0 aliphatic heterocycles. The van der Waals surface area contributed by atoms with Crippen LogP contribution in [0.3, 0.4) is 0 Å². The van der Waals surface area contributed by atoms with E-state index in [1.165, 1.54) is 6.92 Å². The van der Waals surface area contributed by atoms with Gasteiger partial charge in [-0.1, -0.05) is 0 Å². The molecule has 0 aliphatic rings. The summed E-state index contributed by atoms with van der Waals surface area (Å²) in [7, 11) is 0. The van der Waals surface area contributed by atoms with Crippen molar-refractivity contribution in [3.8, 4) is 0 Å². The van der Waals surface area contributed by atoms with E-state index in [9.17, 15) is 13.2 Å². The molecule has 0 aliphatic carbocycles. The Hall–Kier alpha value is -0.330. The van der Waals surface area contributed by atoms with Crippen molar-refractivity contribution in [1.82, 2.24) is 4.98 Å². The number of rotatable bonds is 1. The molecular weight excluding hydrogens is 282 g/mol. The summed E-state index contributed by atoms with van der Waals surface area (Å²) < 4.78 is 37.0. The van der Waals surface area contributed by atoms with Crippen molar-refractivity contribution >= 4 is 22.6 Å². The Kier molecular flexibility index (Phi) is 2.92. The van der Waals surface area contributed by atoms with Gasteiger partial charge in [0.2, 0.25) is 0 Å². The van der Waals surface area contributed by atoms with Gasteiger partial charge in [0.1, 0.15) is 9.39 Å². The van der Waals surface area contributed by atoms with E-state index in [1.54, 1.807) is 22.6 Å². The second kappa shape index (κ2) is 3.59. The average Bonchev–Trinajstić information content (AvgIpc) is 1.96. The molecule has 1 rings (SSSR count). The number of aromatic nitrogens is 1. The molecule has 1 nitrogen and oxygen atoms in total. The van der Waals surface area contributed by atoms with Crippen LogP contribution >= 0.6 is 22.6 Å². The predicted octanol–water partition coefficient (Wildman–Crippen LogP) is 3.07. The molecular formula is C7H5F3IN. The first-order chi connectivity index (χ1) is 5.52. The van der Waals surface area contributed by atoms with Crippen LogP contribution in [0.1, 0.15) is 17.7 Å². The quantitative estimate of drug-likeness (QED) is 0.571. The third kappa shape index (κ3) is 1.88. The molecule has 0 bridgehead atoms. The first-order valence-corrected chi connectivity index (χ1v) is 4.21. The Bertz CT molecular complexity index is 301. The molecule has 0 N–H and O–H groups in total. The summed E-state index contributed by atoms with van der Waals surface area (Å²) in [6.45, 7) is 1.41. The molecule has 5 heteroatoms. The number of hydrogen-bond donors (Lipinski definition) is 0. The van der Waals surface area contributed by atoms with Gasteiger partial charge >= 0.3 is 0 Å². The molecule has 1 heterocycles. The first kappa shape index (κ1) is 9.76. The number of alkyl halides is 2. The minimum Gasteiger partial charge on any atom is -0.237 e. The fourth-order valence-electron chi connectivity index (χ4n) is 0.792. The molecule has 12 heavy (non-hydrogen) atoms. The highest BCUT2D eigenvalue weighted by Gasteiger charge is 2.14. The Morgan fingerprint density at radius 3 is 2.58 bits per heavy atom. The Labute approximate surface area is 81.1 Å². The smallest absolute Gasteiger partial charge is 0.237 e. The maximum Gasteiger partial charge on any atom is 0.280 e. The standard InChI is InChI=1S/C7H5F3IN/c1-3-2-4(8)7(11)12-5(3)6(9)10/h2,6H,1H3. The highest BCUT2D eigenvalue weighted by atomic mass is 127. The maximum absolute atomic E-state index is 12.7. The van der Waals surface area contributed by atoms with Gasteiger partial charge in [0.15, 0.2) is 5.82 Å². The molecule has 0 aromatic carbocycles. The SMILES string of the molecule is Cc1cc(F)c(I)nc1C(F)F. The molecule has 0 amide bonds. The number of aryl methyl sites for hydroxylation is 1. The van der Waals surface area contributed by atoms with Crippen LogP contribution in [0.2, 0.25) is 0 Å². The van der Waals surface area contributed by atoms with Crippen molar-refractivity contribution in [2.24, 2.45) is 0 Å². The van der Waals surface area contributed by atoms with Crippen LogP contribution in [0.4, 0.5) is 13.2 Å². The predicted molar refractivity (Wildman–Crippen MR) is 46.6 cm³/mol. The van der Waals surface area contributed by atoms with Gasteiger partial charge in [0, 0.05) is 0 Å². The zero-order chi connectivity index (χ0) is 9.30. The van der Waals surface area contributed by atoms with Gasteiger partial charge in [-0.3, -0.25) is 0 Å². The zero-order valence-corrected chi connectivity index (χ0v) is 8.27. The lowest BCUT2D eigenvalue weighted by Gasteiger charge is -2.04. The molecule has 0 saturated carbocycles. The van der Waals surface area contributed by atoms with Gasteiger partial charge < -0.3 is 0 Å². The number of nitrogens with zero attached hydrogens (tertiary/aromatic N) is 1. The molecule has 1 aromatic rings. The summed E-state index contributed by atoms with van der Waals surface area (Å²) in [5, 5.41) is 0. The van der Waals surface area contributed by atoms with Gasteiger partial charge in [-0.2, -0.15) is 0 Å². The highest BCUT2D eigenvalue weighted by molar-refractivity contribution is 14.1. The van der Waals surface area contributed by atoms with E-state index in [2.05, 4.69) is 4.98 Å². The van der Waals surface area contributed by atoms with Crippen LogP contribution in [0.25, 0.3) is 0 Å². The van der Waals surface area contributed by atoms with Crippen molar-refractivity contribution in [1.29, 1.82) is 0 Å². The fraction of sp³-hybridized carbons (Fsp3) is 0.286. The summed E-state index contributed by atoms with van der Waals surface area (Å²) >= 11 is 1.58. The summed E-state index contributed by atoms with van der Waals surface area (Å²) in [4.78, 5) is 3.43. The van der Waals surface area contributed by atoms with Gasteiger partial charge in [-0.15, -0.1) is 0 Å². The Morgan fingerprint density at radius 2 is 2.08 bits per heavy atom. The molecule has 1 aromatic heterocycles. The van der Waals surface area contributed by atoms with Crippen molar-refractivity contribution < 1.29 is 13.2 Å². The lowest BCUT2D eigenvalue weighted by atomic mass is 10.2. The van der Waals surface area contributed by atoms with Crippen molar-refractivity contribution in [3.05, 3.63) is 26.8 Å². The van der Waals surface area contributed by atoms with Crippen molar-refractivity contribution in [2.45, 2.75) is 13.3 Å². The highest BCUT2D eigenvalue weighted by Crippen LogP contribution is 2.22. The zero-order valence-electron chi connectivity index (χ0n) is 6.11. The third-order valence-electron chi connectivity index (χ3n) is 1.37. The van der Waals surface area contributed by atoms with Crippen LogP contribution in [0, 0.1) is 16.4 Å². The molecule has 0 atom stereocenters. The van der Waals surface area contributed by atoms with Gasteiger partial charge in [0.25, 0.3) is 6.43 Å². The monoisotopic (exact) mass is 287 g/mol. The molecule has 0 saturated heterocycles. The maximum atomic E-state index is 12.7. The van der Waals surface area contributed by atoms with Crippen LogP contribution in [0.5, 0.6) is 0 Å². The lowest BCUT2D eigenvalue weighted by molar-refractivity contribution is 0.144. The second-order valence-electron chi connectivity index (χ2n) is 2.26. The topological polar surface area (TPSA) is 12.9 Å². The summed E-state index contributed by atoms with van der Waals surface area (Å²) in [6.07, 6.45) is -2.64. The fourth-order valence-corrected chi connectivity index (χ4v) is 1.21. The first-order valence-electron chi connectivity index (χ1n) is 3.13.